The Hall–Kier alpha value is -1.85. The molecule has 1 aromatic rings. The molecule has 1 aromatic heterocycles. The highest BCUT2D eigenvalue weighted by Crippen LogP contribution is 2.24. The molecule has 0 amide bonds. The molecule has 0 unspecified atom stereocenters. The highest BCUT2D eigenvalue weighted by atomic mass is 16.6. The van der Waals surface area contributed by atoms with Gasteiger partial charge in [-0.25, -0.2) is 0 Å². The first-order valence-corrected chi connectivity index (χ1v) is 5.72. The van der Waals surface area contributed by atoms with E-state index >= 15 is 0 Å². The van der Waals surface area contributed by atoms with E-state index in [9.17, 15) is 14.9 Å². The van der Waals surface area contributed by atoms with Crippen molar-refractivity contribution in [2.24, 2.45) is 0 Å². The van der Waals surface area contributed by atoms with E-state index in [1.54, 1.807) is 39.1 Å². The van der Waals surface area contributed by atoms with Gasteiger partial charge in [0.1, 0.15) is 5.60 Å². The Morgan fingerprint density at radius 3 is 2.50 bits per heavy atom. The third kappa shape index (κ3) is 3.58. The SMILES string of the molecule is C[C@@H]([C@H](C(=O)OC(C)(C)C)c1ccc[nH]1)[N+](=O)[O-]. The number of nitrogens with one attached hydrogen (secondary N) is 1. The lowest BCUT2D eigenvalue weighted by molar-refractivity contribution is -0.520. The summed E-state index contributed by atoms with van der Waals surface area (Å²) in [5, 5.41) is 10.9. The number of aromatic nitrogens is 1. The van der Waals surface area contributed by atoms with E-state index in [-0.39, 0.29) is 0 Å². The van der Waals surface area contributed by atoms with Crippen LogP contribution in [-0.4, -0.2) is 27.5 Å². The first-order chi connectivity index (χ1) is 8.22. The molecule has 100 valence electrons. The molecule has 18 heavy (non-hydrogen) atoms. The number of rotatable bonds is 4. The fourth-order valence-electron chi connectivity index (χ4n) is 1.61. The van der Waals surface area contributed by atoms with Crippen molar-refractivity contribution in [2.45, 2.75) is 45.3 Å². The monoisotopic (exact) mass is 254 g/mol. The lowest BCUT2D eigenvalue weighted by atomic mass is 9.98. The number of nitro groups is 1. The molecule has 0 saturated heterocycles. The van der Waals surface area contributed by atoms with Crippen molar-refractivity contribution in [3.05, 3.63) is 34.1 Å². The lowest BCUT2D eigenvalue weighted by Gasteiger charge is -2.24. The van der Waals surface area contributed by atoms with E-state index in [4.69, 9.17) is 4.74 Å². The van der Waals surface area contributed by atoms with Gasteiger partial charge >= 0.3 is 5.97 Å². The second kappa shape index (κ2) is 5.20. The summed E-state index contributed by atoms with van der Waals surface area (Å²) in [7, 11) is 0. The molecule has 6 nitrogen and oxygen atoms in total. The molecule has 0 aliphatic rings. The molecular formula is C12H18N2O4. The van der Waals surface area contributed by atoms with Gasteiger partial charge in [0.2, 0.25) is 6.04 Å². The van der Waals surface area contributed by atoms with Gasteiger partial charge in [0.25, 0.3) is 0 Å². The largest absolute Gasteiger partial charge is 0.459 e. The van der Waals surface area contributed by atoms with Crippen LogP contribution >= 0.6 is 0 Å². The minimum atomic E-state index is -1.04. The van der Waals surface area contributed by atoms with Crippen LogP contribution in [0.5, 0.6) is 0 Å². The maximum absolute atomic E-state index is 12.1. The van der Waals surface area contributed by atoms with Crippen LogP contribution in [0.3, 0.4) is 0 Å². The summed E-state index contributed by atoms with van der Waals surface area (Å²) in [4.78, 5) is 25.3. The lowest BCUT2D eigenvalue weighted by Crippen LogP contribution is -2.35. The average Bonchev–Trinajstić information content (AvgIpc) is 2.67. The first-order valence-electron chi connectivity index (χ1n) is 5.72. The van der Waals surface area contributed by atoms with Crippen molar-refractivity contribution < 1.29 is 14.5 Å². The number of carbonyl (C=O) groups excluding carboxylic acids is 1. The van der Waals surface area contributed by atoms with E-state index in [1.807, 2.05) is 0 Å². The summed E-state index contributed by atoms with van der Waals surface area (Å²) in [5.41, 5.74) is -0.174. The Balaban J connectivity index is 2.99. The van der Waals surface area contributed by atoms with Gasteiger partial charge in [-0.15, -0.1) is 0 Å². The van der Waals surface area contributed by atoms with E-state index in [2.05, 4.69) is 4.98 Å². The number of esters is 1. The molecule has 0 radical (unpaired) electrons. The molecule has 0 fully saturated rings. The normalized spacial score (nSPS) is 14.9. The maximum Gasteiger partial charge on any atom is 0.322 e. The first kappa shape index (κ1) is 14.2. The Kier molecular flexibility index (Phi) is 4.11. The third-order valence-electron chi connectivity index (χ3n) is 2.43. The second-order valence-electron chi connectivity index (χ2n) is 5.16. The molecule has 1 rings (SSSR count). The average molecular weight is 254 g/mol. The molecular weight excluding hydrogens is 236 g/mol. The molecule has 1 N–H and O–H groups in total. The summed E-state index contributed by atoms with van der Waals surface area (Å²) in [6.45, 7) is 6.59. The van der Waals surface area contributed by atoms with Crippen LogP contribution in [0.4, 0.5) is 0 Å². The van der Waals surface area contributed by atoms with Crippen LogP contribution in [0.2, 0.25) is 0 Å². The van der Waals surface area contributed by atoms with E-state index in [0.29, 0.717) is 5.69 Å². The van der Waals surface area contributed by atoms with Crippen molar-refractivity contribution in [1.82, 2.24) is 4.98 Å². The van der Waals surface area contributed by atoms with Crippen LogP contribution in [0.25, 0.3) is 0 Å². The molecule has 0 aliphatic heterocycles. The fourth-order valence-corrected chi connectivity index (χ4v) is 1.61. The summed E-state index contributed by atoms with van der Waals surface area (Å²) < 4.78 is 5.23. The minimum Gasteiger partial charge on any atom is -0.459 e. The van der Waals surface area contributed by atoms with Gasteiger partial charge in [-0.3, -0.25) is 14.9 Å². The predicted octanol–water partition coefficient (Wildman–Crippen LogP) is 2.11. The minimum absolute atomic E-state index is 0.477. The number of H-pyrrole nitrogens is 1. The Morgan fingerprint density at radius 2 is 2.11 bits per heavy atom. The number of aromatic amines is 1. The maximum atomic E-state index is 12.1. The second-order valence-corrected chi connectivity index (χ2v) is 5.16. The van der Waals surface area contributed by atoms with E-state index in [0.717, 1.165) is 0 Å². The number of hydrogen-bond donors (Lipinski definition) is 1. The van der Waals surface area contributed by atoms with Gasteiger partial charge < -0.3 is 9.72 Å². The van der Waals surface area contributed by atoms with Crippen molar-refractivity contribution in [3.8, 4) is 0 Å². The quantitative estimate of drug-likeness (QED) is 0.506. The standard InChI is InChI=1S/C12H18N2O4/c1-8(14(16)17)10(9-6-5-7-13-9)11(15)18-12(2,3)4/h5-8,10,13H,1-4H3/t8-,10-/m0/s1. The topological polar surface area (TPSA) is 85.2 Å². The third-order valence-corrected chi connectivity index (χ3v) is 2.43. The molecule has 1 heterocycles. The molecule has 6 heteroatoms. The molecule has 0 aliphatic carbocycles. The van der Waals surface area contributed by atoms with Crippen LogP contribution in [-0.2, 0) is 9.53 Å². The Morgan fingerprint density at radius 1 is 1.50 bits per heavy atom. The molecule has 0 aromatic carbocycles. The van der Waals surface area contributed by atoms with Crippen molar-refractivity contribution in [2.75, 3.05) is 0 Å². The van der Waals surface area contributed by atoms with Gasteiger partial charge in [0.05, 0.1) is 0 Å². The van der Waals surface area contributed by atoms with Crippen molar-refractivity contribution >= 4 is 5.97 Å². The predicted molar refractivity (Wildman–Crippen MR) is 65.8 cm³/mol. The van der Waals surface area contributed by atoms with Crippen molar-refractivity contribution in [3.63, 3.8) is 0 Å². The molecule has 0 saturated carbocycles. The smallest absolute Gasteiger partial charge is 0.322 e. The highest BCUT2D eigenvalue weighted by Gasteiger charge is 2.38. The fraction of sp³-hybridized carbons (Fsp3) is 0.583. The summed E-state index contributed by atoms with van der Waals surface area (Å²) >= 11 is 0. The zero-order valence-electron chi connectivity index (χ0n) is 11.0. The van der Waals surface area contributed by atoms with Crippen LogP contribution in [0, 0.1) is 10.1 Å². The van der Waals surface area contributed by atoms with Gasteiger partial charge in [0, 0.05) is 23.7 Å². The number of carbonyl (C=O) groups is 1. The zero-order valence-corrected chi connectivity index (χ0v) is 11.0. The van der Waals surface area contributed by atoms with Crippen LogP contribution in [0.15, 0.2) is 18.3 Å². The molecule has 2 atom stereocenters. The molecule has 0 spiro atoms. The highest BCUT2D eigenvalue weighted by molar-refractivity contribution is 5.78. The Labute approximate surface area is 105 Å². The van der Waals surface area contributed by atoms with Gasteiger partial charge in [0.15, 0.2) is 5.92 Å². The molecule has 0 bridgehead atoms. The van der Waals surface area contributed by atoms with Crippen LogP contribution in [0.1, 0.15) is 39.3 Å². The Bertz CT molecular complexity index is 420. The van der Waals surface area contributed by atoms with Crippen molar-refractivity contribution in [1.29, 1.82) is 0 Å². The van der Waals surface area contributed by atoms with Gasteiger partial charge in [-0.2, -0.15) is 0 Å². The van der Waals surface area contributed by atoms with E-state index in [1.165, 1.54) is 6.92 Å². The summed E-state index contributed by atoms with van der Waals surface area (Å²) in [6.07, 6.45) is 1.62. The summed E-state index contributed by atoms with van der Waals surface area (Å²) in [5.74, 6) is -1.51. The van der Waals surface area contributed by atoms with Crippen LogP contribution < -0.4 is 0 Å². The number of hydrogen-bond acceptors (Lipinski definition) is 4. The van der Waals surface area contributed by atoms with Gasteiger partial charge in [-0.1, -0.05) is 0 Å². The number of nitrogens with zero attached hydrogens (tertiary/aromatic N) is 1. The van der Waals surface area contributed by atoms with Gasteiger partial charge in [-0.05, 0) is 32.9 Å². The zero-order chi connectivity index (χ0) is 13.9. The van der Waals surface area contributed by atoms with E-state index < -0.39 is 28.5 Å². The summed E-state index contributed by atoms with van der Waals surface area (Å²) in [6, 6.07) is 2.30. The number of ether oxygens (including phenoxy) is 1.